The van der Waals surface area contributed by atoms with Gasteiger partial charge in [0.25, 0.3) is 5.91 Å². The summed E-state index contributed by atoms with van der Waals surface area (Å²) in [6.45, 7) is 6.26. The number of rotatable bonds is 6. The molecule has 1 aromatic heterocycles. The fraction of sp³-hybridized carbons (Fsp3) is 0.273. The van der Waals surface area contributed by atoms with E-state index in [1.165, 1.54) is 0 Å². The van der Waals surface area contributed by atoms with Gasteiger partial charge in [0.15, 0.2) is 6.10 Å². The fourth-order valence-electron chi connectivity index (χ4n) is 3.12. The molecule has 0 spiro atoms. The van der Waals surface area contributed by atoms with Gasteiger partial charge in [-0.1, -0.05) is 34.1 Å². The molecule has 1 heterocycles. The highest BCUT2D eigenvalue weighted by molar-refractivity contribution is 9.10. The minimum atomic E-state index is -0.573. The minimum absolute atomic E-state index is 0.0748. The van der Waals surface area contributed by atoms with Crippen LogP contribution in [0.25, 0.3) is 5.69 Å². The van der Waals surface area contributed by atoms with Crippen molar-refractivity contribution in [3.8, 4) is 11.4 Å². The molecular weight excluding hydrogens is 418 g/mol. The molecule has 0 saturated heterocycles. The summed E-state index contributed by atoms with van der Waals surface area (Å²) in [7, 11) is 1.79. The maximum Gasteiger partial charge on any atom is 0.263 e. The summed E-state index contributed by atoms with van der Waals surface area (Å²) in [6, 6.07) is 17.5. The number of halogens is 1. The smallest absolute Gasteiger partial charge is 0.263 e. The molecule has 0 bridgehead atoms. The van der Waals surface area contributed by atoms with Crippen LogP contribution in [0, 0.1) is 13.8 Å². The van der Waals surface area contributed by atoms with E-state index < -0.39 is 6.10 Å². The molecule has 0 aliphatic rings. The lowest BCUT2D eigenvalue weighted by atomic mass is 10.1. The third-order valence-corrected chi connectivity index (χ3v) is 5.22. The number of aryl methyl sites for hydroxylation is 1. The number of carbonyl (C=O) groups excluding carboxylic acids is 1. The van der Waals surface area contributed by atoms with E-state index in [1.54, 1.807) is 18.9 Å². The molecule has 0 radical (unpaired) electrons. The van der Waals surface area contributed by atoms with Gasteiger partial charge in [-0.3, -0.25) is 4.79 Å². The highest BCUT2D eigenvalue weighted by Gasteiger charge is 2.22. The third-order valence-electron chi connectivity index (χ3n) is 4.69. The maximum absolute atomic E-state index is 12.8. The number of ether oxygens (including phenoxy) is 1. The fourth-order valence-corrected chi connectivity index (χ4v) is 3.38. The SMILES string of the molecule is Cc1nn(-c2ccccc2)c(C)c1CN(C)C(=O)[C@@H](C)Oc1ccc(Br)cc1. The summed E-state index contributed by atoms with van der Waals surface area (Å²) < 4.78 is 8.68. The maximum atomic E-state index is 12.8. The molecule has 0 aliphatic carbocycles. The van der Waals surface area contributed by atoms with Crippen molar-refractivity contribution in [2.75, 3.05) is 7.05 Å². The number of hydrogen-bond acceptors (Lipinski definition) is 3. The highest BCUT2D eigenvalue weighted by atomic mass is 79.9. The van der Waals surface area contributed by atoms with Crippen molar-refractivity contribution in [2.45, 2.75) is 33.4 Å². The molecule has 3 aromatic rings. The molecule has 0 fully saturated rings. The molecule has 0 N–H and O–H groups in total. The molecule has 1 atom stereocenters. The topological polar surface area (TPSA) is 47.4 Å². The monoisotopic (exact) mass is 441 g/mol. The van der Waals surface area contributed by atoms with Crippen molar-refractivity contribution in [1.29, 1.82) is 0 Å². The van der Waals surface area contributed by atoms with Crippen LogP contribution in [0.1, 0.15) is 23.9 Å². The summed E-state index contributed by atoms with van der Waals surface area (Å²) in [5, 5.41) is 4.66. The van der Waals surface area contributed by atoms with Crippen LogP contribution in [-0.2, 0) is 11.3 Å². The second-order valence-corrected chi connectivity index (χ2v) is 7.72. The summed E-state index contributed by atoms with van der Waals surface area (Å²) >= 11 is 3.39. The zero-order chi connectivity index (χ0) is 20.3. The van der Waals surface area contributed by atoms with Crippen LogP contribution in [0.4, 0.5) is 0 Å². The third kappa shape index (κ3) is 4.44. The van der Waals surface area contributed by atoms with Crippen molar-refractivity contribution in [2.24, 2.45) is 0 Å². The predicted octanol–water partition coefficient (Wildman–Crippen LogP) is 4.68. The molecule has 5 nitrogen and oxygen atoms in total. The first-order valence-electron chi connectivity index (χ1n) is 9.14. The van der Waals surface area contributed by atoms with E-state index in [-0.39, 0.29) is 5.91 Å². The Hall–Kier alpha value is -2.60. The first-order chi connectivity index (χ1) is 13.4. The molecule has 28 heavy (non-hydrogen) atoms. The van der Waals surface area contributed by atoms with Crippen LogP contribution in [0.2, 0.25) is 0 Å². The lowest BCUT2D eigenvalue weighted by molar-refractivity contribution is -0.137. The number of para-hydroxylation sites is 1. The molecule has 0 unspecified atom stereocenters. The van der Waals surface area contributed by atoms with Crippen LogP contribution in [-0.4, -0.2) is 33.7 Å². The van der Waals surface area contributed by atoms with Crippen molar-refractivity contribution >= 4 is 21.8 Å². The number of aromatic nitrogens is 2. The van der Waals surface area contributed by atoms with Gasteiger partial charge in [0.1, 0.15) is 5.75 Å². The number of hydrogen-bond donors (Lipinski definition) is 0. The zero-order valence-corrected chi connectivity index (χ0v) is 18.1. The van der Waals surface area contributed by atoms with Crippen LogP contribution in [0.15, 0.2) is 59.1 Å². The van der Waals surface area contributed by atoms with Crippen molar-refractivity contribution in [3.05, 3.63) is 76.0 Å². The van der Waals surface area contributed by atoms with Crippen LogP contribution < -0.4 is 4.74 Å². The van der Waals surface area contributed by atoms with Crippen molar-refractivity contribution < 1.29 is 9.53 Å². The van der Waals surface area contributed by atoms with Gasteiger partial charge in [-0.05, 0) is 57.2 Å². The van der Waals surface area contributed by atoms with E-state index in [4.69, 9.17) is 4.74 Å². The molecular formula is C22H24BrN3O2. The Morgan fingerprint density at radius 1 is 1.14 bits per heavy atom. The van der Waals surface area contributed by atoms with Crippen LogP contribution >= 0.6 is 15.9 Å². The average molecular weight is 442 g/mol. The predicted molar refractivity (Wildman–Crippen MR) is 114 cm³/mol. The van der Waals surface area contributed by atoms with Gasteiger partial charge in [0, 0.05) is 29.3 Å². The minimum Gasteiger partial charge on any atom is -0.481 e. The first kappa shape index (κ1) is 20.1. The average Bonchev–Trinajstić information content (AvgIpc) is 2.98. The first-order valence-corrected chi connectivity index (χ1v) is 9.94. The van der Waals surface area contributed by atoms with Crippen LogP contribution in [0.5, 0.6) is 5.75 Å². The van der Waals surface area contributed by atoms with Gasteiger partial charge in [-0.2, -0.15) is 5.10 Å². The van der Waals surface area contributed by atoms with Gasteiger partial charge in [-0.15, -0.1) is 0 Å². The molecule has 146 valence electrons. The number of likely N-dealkylation sites (N-methyl/N-ethyl adjacent to an activating group) is 1. The molecule has 1 amide bonds. The van der Waals surface area contributed by atoms with E-state index in [0.29, 0.717) is 12.3 Å². The van der Waals surface area contributed by atoms with Crippen molar-refractivity contribution in [3.63, 3.8) is 0 Å². The van der Waals surface area contributed by atoms with E-state index in [1.807, 2.05) is 73.1 Å². The van der Waals surface area contributed by atoms with Gasteiger partial charge >= 0.3 is 0 Å². The number of amides is 1. The molecule has 2 aromatic carbocycles. The van der Waals surface area contributed by atoms with Gasteiger partial charge < -0.3 is 9.64 Å². The summed E-state index contributed by atoms with van der Waals surface area (Å²) in [4.78, 5) is 14.5. The largest absolute Gasteiger partial charge is 0.481 e. The second-order valence-electron chi connectivity index (χ2n) is 6.81. The number of nitrogens with zero attached hydrogens (tertiary/aromatic N) is 3. The number of benzene rings is 2. The van der Waals surface area contributed by atoms with Crippen molar-refractivity contribution in [1.82, 2.24) is 14.7 Å². The van der Waals surface area contributed by atoms with E-state index >= 15 is 0 Å². The van der Waals surface area contributed by atoms with E-state index in [0.717, 1.165) is 27.1 Å². The summed E-state index contributed by atoms with van der Waals surface area (Å²) in [5.41, 5.74) is 4.01. The quantitative estimate of drug-likeness (QED) is 0.557. The van der Waals surface area contributed by atoms with E-state index in [9.17, 15) is 4.79 Å². The second kappa shape index (κ2) is 8.61. The van der Waals surface area contributed by atoms with E-state index in [2.05, 4.69) is 21.0 Å². The van der Waals surface area contributed by atoms with Gasteiger partial charge in [-0.25, -0.2) is 4.68 Å². The Kier molecular flexibility index (Phi) is 6.19. The highest BCUT2D eigenvalue weighted by Crippen LogP contribution is 2.21. The Balaban J connectivity index is 1.71. The number of carbonyl (C=O) groups is 1. The Morgan fingerprint density at radius 2 is 1.79 bits per heavy atom. The summed E-state index contributed by atoms with van der Waals surface area (Å²) in [6.07, 6.45) is -0.573. The lowest BCUT2D eigenvalue weighted by Gasteiger charge is -2.22. The Bertz CT molecular complexity index is 952. The Labute approximate surface area is 174 Å². The molecule has 0 aliphatic heterocycles. The molecule has 6 heteroatoms. The zero-order valence-electron chi connectivity index (χ0n) is 16.5. The lowest BCUT2D eigenvalue weighted by Crippen LogP contribution is -2.37. The van der Waals surface area contributed by atoms with Crippen LogP contribution in [0.3, 0.4) is 0 Å². The molecule has 3 rings (SSSR count). The normalized spacial score (nSPS) is 11.9. The van der Waals surface area contributed by atoms with Gasteiger partial charge in [0.2, 0.25) is 0 Å². The summed E-state index contributed by atoms with van der Waals surface area (Å²) in [5.74, 6) is 0.593. The van der Waals surface area contributed by atoms with Gasteiger partial charge in [0.05, 0.1) is 11.4 Å². The molecule has 0 saturated carbocycles. The standard InChI is InChI=1S/C22H24BrN3O2/c1-15-21(16(2)26(24-15)19-8-6-5-7-9-19)14-25(4)22(27)17(3)28-20-12-10-18(23)11-13-20/h5-13,17H,14H2,1-4H3/t17-/m1/s1. The Morgan fingerprint density at radius 3 is 2.43 bits per heavy atom.